The molecule has 0 spiro atoms. The Labute approximate surface area is 152 Å². The Morgan fingerprint density at radius 3 is 2.77 bits per heavy atom. The van der Waals surface area contributed by atoms with Crippen LogP contribution in [0.2, 0.25) is 0 Å². The van der Waals surface area contributed by atoms with Crippen molar-refractivity contribution < 1.29 is 15.0 Å². The number of hydrogen-bond acceptors (Lipinski definition) is 4. The molecule has 6 nitrogen and oxygen atoms in total. The molecule has 1 aromatic heterocycles. The molecule has 1 amide bonds. The Morgan fingerprint density at radius 2 is 2.08 bits per heavy atom. The number of rotatable bonds is 4. The summed E-state index contributed by atoms with van der Waals surface area (Å²) < 4.78 is 1.49. The van der Waals surface area contributed by atoms with Gasteiger partial charge in [0.15, 0.2) is 0 Å². The number of carbonyl (C=O) groups excluding carboxylic acids is 1. The second-order valence-electron chi connectivity index (χ2n) is 7.28. The quantitative estimate of drug-likeness (QED) is 0.868. The van der Waals surface area contributed by atoms with Crippen LogP contribution in [0.15, 0.2) is 35.1 Å². The largest absolute Gasteiger partial charge is 0.396 e. The molecule has 0 unspecified atom stereocenters. The van der Waals surface area contributed by atoms with Crippen molar-refractivity contribution in [1.82, 2.24) is 9.47 Å². The van der Waals surface area contributed by atoms with Crippen molar-refractivity contribution in [3.05, 3.63) is 46.2 Å². The third-order valence-electron chi connectivity index (χ3n) is 5.60. The van der Waals surface area contributed by atoms with Crippen LogP contribution in [0.3, 0.4) is 0 Å². The molecular formula is C20H26N2O4. The van der Waals surface area contributed by atoms with Gasteiger partial charge in [-0.3, -0.25) is 9.59 Å². The summed E-state index contributed by atoms with van der Waals surface area (Å²) in [5.41, 5.74) is -0.139. The average Bonchev–Trinajstić information content (AvgIpc) is 2.66. The number of fused-ring (bicyclic) bond motifs is 1. The van der Waals surface area contributed by atoms with Gasteiger partial charge in [0, 0.05) is 25.6 Å². The van der Waals surface area contributed by atoms with Gasteiger partial charge in [-0.25, -0.2) is 0 Å². The Bertz CT molecular complexity index is 876. The summed E-state index contributed by atoms with van der Waals surface area (Å²) >= 11 is 0. The fraction of sp³-hybridized carbons (Fsp3) is 0.500. The van der Waals surface area contributed by atoms with Gasteiger partial charge >= 0.3 is 0 Å². The number of amides is 1. The zero-order chi connectivity index (χ0) is 18.9. The lowest BCUT2D eigenvalue weighted by Gasteiger charge is -2.45. The molecule has 140 valence electrons. The van der Waals surface area contributed by atoms with Gasteiger partial charge in [0.05, 0.1) is 18.2 Å². The monoisotopic (exact) mass is 358 g/mol. The summed E-state index contributed by atoms with van der Waals surface area (Å²) in [6.45, 7) is 2.44. The van der Waals surface area contributed by atoms with Crippen LogP contribution in [-0.2, 0) is 7.05 Å². The third-order valence-corrected chi connectivity index (χ3v) is 5.60. The molecule has 6 heteroatoms. The number of aliphatic hydroxyl groups excluding tert-OH is 2. The zero-order valence-corrected chi connectivity index (χ0v) is 15.3. The molecule has 1 saturated heterocycles. The van der Waals surface area contributed by atoms with Crippen molar-refractivity contribution in [3.63, 3.8) is 0 Å². The molecule has 26 heavy (non-hydrogen) atoms. The maximum atomic E-state index is 13.1. The van der Waals surface area contributed by atoms with Crippen LogP contribution in [0.1, 0.15) is 36.5 Å². The SMILES string of the molecule is CCC[C@@]1(CO)CN(C(=O)c2cc3ccccc3n(C)c2=O)CC[C@@H]1O. The van der Waals surface area contributed by atoms with E-state index in [4.69, 9.17) is 0 Å². The van der Waals surface area contributed by atoms with Gasteiger partial charge < -0.3 is 19.7 Å². The summed E-state index contributed by atoms with van der Waals surface area (Å²) in [5, 5.41) is 21.1. The number of aliphatic hydroxyl groups is 2. The first-order valence-electron chi connectivity index (χ1n) is 9.10. The fourth-order valence-corrected chi connectivity index (χ4v) is 4.05. The Hall–Kier alpha value is -2.18. The van der Waals surface area contributed by atoms with E-state index in [9.17, 15) is 19.8 Å². The number of likely N-dealkylation sites (tertiary alicyclic amines) is 1. The summed E-state index contributed by atoms with van der Waals surface area (Å²) in [6, 6.07) is 9.10. The van der Waals surface area contributed by atoms with Gasteiger partial charge in [0.2, 0.25) is 0 Å². The second-order valence-corrected chi connectivity index (χ2v) is 7.28. The highest BCUT2D eigenvalue weighted by Crippen LogP contribution is 2.35. The standard InChI is InChI=1S/C20H26N2O4/c1-3-9-20(13-23)12-22(10-8-17(20)24)19(26)15-11-14-6-4-5-7-16(14)21(2)18(15)25/h4-7,11,17,23-24H,3,8-10,12-13H2,1-2H3/t17-,20-/m0/s1. The van der Waals surface area contributed by atoms with Crippen molar-refractivity contribution in [1.29, 1.82) is 0 Å². The van der Waals surface area contributed by atoms with Crippen molar-refractivity contribution in [2.75, 3.05) is 19.7 Å². The molecule has 1 aliphatic rings. The first-order chi connectivity index (χ1) is 12.4. The molecule has 1 aliphatic heterocycles. The molecule has 3 rings (SSSR count). The minimum Gasteiger partial charge on any atom is -0.396 e. The van der Waals surface area contributed by atoms with Crippen LogP contribution in [-0.4, -0.2) is 51.4 Å². The minimum absolute atomic E-state index is 0.130. The van der Waals surface area contributed by atoms with E-state index < -0.39 is 11.5 Å². The van der Waals surface area contributed by atoms with Gasteiger partial charge in [-0.15, -0.1) is 0 Å². The number of aromatic nitrogens is 1. The summed E-state index contributed by atoms with van der Waals surface area (Å²) in [5.74, 6) is -0.336. The Kier molecular flexibility index (Phi) is 5.16. The highest BCUT2D eigenvalue weighted by molar-refractivity contribution is 5.97. The van der Waals surface area contributed by atoms with E-state index in [1.165, 1.54) is 4.57 Å². The van der Waals surface area contributed by atoms with Crippen molar-refractivity contribution in [2.45, 2.75) is 32.3 Å². The lowest BCUT2D eigenvalue weighted by Crippen LogP contribution is -2.55. The van der Waals surface area contributed by atoms with Crippen molar-refractivity contribution >= 4 is 16.8 Å². The van der Waals surface area contributed by atoms with E-state index in [1.807, 2.05) is 31.2 Å². The number of piperidine rings is 1. The Balaban J connectivity index is 1.98. The van der Waals surface area contributed by atoms with Gasteiger partial charge in [0.25, 0.3) is 11.5 Å². The molecule has 1 aromatic carbocycles. The molecule has 2 aromatic rings. The van der Waals surface area contributed by atoms with Gasteiger partial charge in [-0.1, -0.05) is 31.5 Å². The van der Waals surface area contributed by atoms with Crippen molar-refractivity contribution in [2.24, 2.45) is 12.5 Å². The predicted molar refractivity (Wildman–Crippen MR) is 100 cm³/mol. The highest BCUT2D eigenvalue weighted by atomic mass is 16.3. The van der Waals surface area contributed by atoms with Crippen LogP contribution in [0.4, 0.5) is 0 Å². The minimum atomic E-state index is -0.718. The number of benzene rings is 1. The fourth-order valence-electron chi connectivity index (χ4n) is 4.05. The number of para-hydroxylation sites is 1. The Morgan fingerprint density at radius 1 is 1.35 bits per heavy atom. The number of hydrogen-bond donors (Lipinski definition) is 2. The molecule has 2 N–H and O–H groups in total. The molecule has 0 saturated carbocycles. The lowest BCUT2D eigenvalue weighted by atomic mass is 9.74. The number of aryl methyl sites for hydroxylation is 1. The lowest BCUT2D eigenvalue weighted by molar-refractivity contribution is -0.0720. The second kappa shape index (κ2) is 7.21. The third kappa shape index (κ3) is 3.04. The maximum absolute atomic E-state index is 13.1. The summed E-state index contributed by atoms with van der Waals surface area (Å²) in [7, 11) is 1.66. The average molecular weight is 358 g/mol. The molecule has 1 fully saturated rings. The number of pyridine rings is 1. The zero-order valence-electron chi connectivity index (χ0n) is 15.3. The smallest absolute Gasteiger partial charge is 0.263 e. The topological polar surface area (TPSA) is 82.8 Å². The summed E-state index contributed by atoms with van der Waals surface area (Å²) in [4.78, 5) is 27.4. The van der Waals surface area contributed by atoms with Crippen LogP contribution in [0.5, 0.6) is 0 Å². The van der Waals surface area contributed by atoms with Crippen LogP contribution in [0, 0.1) is 5.41 Å². The molecule has 0 radical (unpaired) electrons. The highest BCUT2D eigenvalue weighted by Gasteiger charge is 2.43. The maximum Gasteiger partial charge on any atom is 0.263 e. The summed E-state index contributed by atoms with van der Waals surface area (Å²) in [6.07, 6.45) is 1.19. The van der Waals surface area contributed by atoms with Gasteiger partial charge in [-0.05, 0) is 30.4 Å². The van der Waals surface area contributed by atoms with E-state index in [1.54, 1.807) is 18.0 Å². The number of carbonyl (C=O) groups is 1. The van der Waals surface area contributed by atoms with E-state index >= 15 is 0 Å². The first kappa shape index (κ1) is 18.6. The molecular weight excluding hydrogens is 332 g/mol. The van der Waals surface area contributed by atoms with E-state index in [0.29, 0.717) is 19.4 Å². The molecule has 0 aliphatic carbocycles. The first-order valence-corrected chi connectivity index (χ1v) is 9.10. The van der Waals surface area contributed by atoms with Crippen LogP contribution in [0.25, 0.3) is 10.9 Å². The normalized spacial score (nSPS) is 23.4. The predicted octanol–water partition coefficient (Wildman–Crippen LogP) is 1.52. The van der Waals surface area contributed by atoms with E-state index in [-0.39, 0.29) is 30.2 Å². The van der Waals surface area contributed by atoms with Gasteiger partial charge in [-0.2, -0.15) is 0 Å². The molecule has 2 heterocycles. The molecule has 2 atom stereocenters. The number of nitrogens with zero attached hydrogens (tertiary/aromatic N) is 2. The van der Waals surface area contributed by atoms with Gasteiger partial charge in [0.1, 0.15) is 5.56 Å². The van der Waals surface area contributed by atoms with Crippen LogP contribution < -0.4 is 5.56 Å². The van der Waals surface area contributed by atoms with E-state index in [2.05, 4.69) is 0 Å². The van der Waals surface area contributed by atoms with Crippen molar-refractivity contribution in [3.8, 4) is 0 Å². The molecule has 0 bridgehead atoms. The van der Waals surface area contributed by atoms with E-state index in [0.717, 1.165) is 17.3 Å². The van der Waals surface area contributed by atoms with Crippen LogP contribution >= 0.6 is 0 Å².